The van der Waals surface area contributed by atoms with Gasteiger partial charge in [-0.05, 0) is 85.1 Å². The number of hydrogen-bond donors (Lipinski definition) is 0. The predicted molar refractivity (Wildman–Crippen MR) is 187 cm³/mol. The molecule has 0 aliphatic carbocycles. The van der Waals surface area contributed by atoms with E-state index >= 15 is 0 Å². The third kappa shape index (κ3) is 7.31. The van der Waals surface area contributed by atoms with E-state index in [1.54, 1.807) is 36.2 Å². The van der Waals surface area contributed by atoms with Gasteiger partial charge in [-0.25, -0.2) is 0 Å². The molecule has 7 heteroatoms. The average Bonchev–Trinajstić information content (AvgIpc) is 3.13. The third-order valence-corrected chi connectivity index (χ3v) is 8.34. The molecule has 0 fully saturated rings. The number of unbranched alkanes of at least 4 members (excludes halogenated alkanes) is 1. The Bertz CT molecular complexity index is 1880. The first-order valence-corrected chi connectivity index (χ1v) is 15.8. The van der Waals surface area contributed by atoms with Crippen molar-refractivity contribution in [3.05, 3.63) is 131 Å². The zero-order valence-electron chi connectivity index (χ0n) is 26.9. The number of benzene rings is 5. The highest BCUT2D eigenvalue weighted by Crippen LogP contribution is 2.40. The van der Waals surface area contributed by atoms with E-state index in [0.717, 1.165) is 53.7 Å². The first-order chi connectivity index (χ1) is 22.9. The van der Waals surface area contributed by atoms with Crippen LogP contribution in [-0.4, -0.2) is 38.1 Å². The van der Waals surface area contributed by atoms with Gasteiger partial charge in [-0.2, -0.15) is 0 Å². The third-order valence-electron chi connectivity index (χ3n) is 8.34. The van der Waals surface area contributed by atoms with E-state index in [1.165, 1.54) is 12.7 Å². The number of ether oxygens (including phenoxy) is 1. The molecule has 0 N–H and O–H groups in total. The molecular formula is C40H38N2O5. The number of para-hydroxylation sites is 1. The van der Waals surface area contributed by atoms with Crippen LogP contribution >= 0.6 is 0 Å². The van der Waals surface area contributed by atoms with Crippen molar-refractivity contribution in [1.29, 1.82) is 0 Å². The van der Waals surface area contributed by atoms with Crippen molar-refractivity contribution in [3.63, 3.8) is 0 Å². The van der Waals surface area contributed by atoms with E-state index in [1.807, 2.05) is 77.7 Å². The molecule has 5 rings (SSSR count). The first kappa shape index (κ1) is 32.8. The molecular weight excluding hydrogens is 588 g/mol. The second-order valence-corrected chi connectivity index (χ2v) is 11.4. The largest absolute Gasteiger partial charge is 0.469 e. The van der Waals surface area contributed by atoms with Gasteiger partial charge in [0.25, 0.3) is 5.91 Å². The Balaban J connectivity index is 1.56. The molecule has 5 aromatic rings. The fourth-order valence-corrected chi connectivity index (χ4v) is 5.72. The van der Waals surface area contributed by atoms with Crippen molar-refractivity contribution in [2.24, 2.45) is 0 Å². The summed E-state index contributed by atoms with van der Waals surface area (Å²) < 4.78 is 4.67. The zero-order valence-corrected chi connectivity index (χ0v) is 26.9. The summed E-state index contributed by atoms with van der Waals surface area (Å²) in [6, 6.07) is 34.1. The Hall–Kier alpha value is -5.56. The number of anilines is 4. The minimum absolute atomic E-state index is 0.0167. The number of carbonyl (C=O) groups is 4. The van der Waals surface area contributed by atoms with Gasteiger partial charge >= 0.3 is 5.97 Å². The van der Waals surface area contributed by atoms with Gasteiger partial charge in [0.05, 0.1) is 19.2 Å². The Morgan fingerprint density at radius 1 is 0.745 bits per heavy atom. The van der Waals surface area contributed by atoms with Crippen LogP contribution in [0.5, 0.6) is 0 Å². The summed E-state index contributed by atoms with van der Waals surface area (Å²) in [4.78, 5) is 54.4. The maximum absolute atomic E-state index is 14.1. The zero-order chi connectivity index (χ0) is 33.3. The number of ketones is 1. The number of aldehydes is 1. The molecule has 0 aliphatic rings. The van der Waals surface area contributed by atoms with Gasteiger partial charge in [-0.3, -0.25) is 19.2 Å². The Kier molecular flexibility index (Phi) is 10.6. The lowest BCUT2D eigenvalue weighted by Crippen LogP contribution is -2.26. The van der Waals surface area contributed by atoms with Crippen LogP contribution in [0.2, 0.25) is 0 Å². The molecule has 0 radical (unpaired) electrons. The van der Waals surface area contributed by atoms with Crippen LogP contribution in [0.1, 0.15) is 69.2 Å². The van der Waals surface area contributed by atoms with Crippen molar-refractivity contribution in [2.75, 3.05) is 24.0 Å². The lowest BCUT2D eigenvalue weighted by molar-refractivity contribution is -0.140. The SMILES string of the molecule is CCCCc1ccc(N(C)C(=O)c2cccc3c(N(c4ccccc4)c4ccc(C(=O)CCC(=O)OC)cc4)ccc(C=O)c23)cc1. The Morgan fingerprint density at radius 2 is 1.43 bits per heavy atom. The highest BCUT2D eigenvalue weighted by Gasteiger charge is 2.23. The molecule has 0 bridgehead atoms. The molecule has 0 aliphatic heterocycles. The summed E-state index contributed by atoms with van der Waals surface area (Å²) >= 11 is 0. The number of carbonyl (C=O) groups excluding carboxylic acids is 4. The number of amides is 1. The molecule has 0 saturated heterocycles. The number of rotatable bonds is 13. The van der Waals surface area contributed by atoms with E-state index in [4.69, 9.17) is 0 Å². The number of nitrogens with zero attached hydrogens (tertiary/aromatic N) is 2. The molecule has 5 aromatic carbocycles. The normalized spacial score (nSPS) is 10.8. The van der Waals surface area contributed by atoms with Crippen molar-refractivity contribution >= 4 is 57.5 Å². The van der Waals surface area contributed by atoms with Crippen molar-refractivity contribution < 1.29 is 23.9 Å². The molecule has 1 amide bonds. The summed E-state index contributed by atoms with van der Waals surface area (Å²) in [6.45, 7) is 2.17. The highest BCUT2D eigenvalue weighted by atomic mass is 16.5. The first-order valence-electron chi connectivity index (χ1n) is 15.8. The fourth-order valence-electron chi connectivity index (χ4n) is 5.72. The van der Waals surface area contributed by atoms with Crippen LogP contribution in [-0.2, 0) is 16.0 Å². The molecule has 0 atom stereocenters. The van der Waals surface area contributed by atoms with E-state index in [9.17, 15) is 19.2 Å². The standard InChI is InChI=1S/C40H38N2O5/c1-4-5-10-28-15-20-31(21-16-28)41(2)40(46)35-14-9-13-34-36(24-19-30(27-43)39(34)35)42(32-11-7-6-8-12-32)33-22-17-29(18-23-33)37(44)25-26-38(45)47-3/h6-9,11-24,27H,4-5,10,25-26H2,1-3H3. The molecule has 7 nitrogen and oxygen atoms in total. The molecule has 47 heavy (non-hydrogen) atoms. The second-order valence-electron chi connectivity index (χ2n) is 11.4. The van der Waals surface area contributed by atoms with Gasteiger partial charge in [0.1, 0.15) is 0 Å². The lowest BCUT2D eigenvalue weighted by Gasteiger charge is -2.28. The minimum Gasteiger partial charge on any atom is -0.469 e. The predicted octanol–water partition coefficient (Wildman–Crippen LogP) is 8.88. The van der Waals surface area contributed by atoms with Crippen molar-refractivity contribution in [1.82, 2.24) is 0 Å². The summed E-state index contributed by atoms with van der Waals surface area (Å²) in [5.74, 6) is -0.810. The van der Waals surface area contributed by atoms with Gasteiger partial charge in [0.15, 0.2) is 12.1 Å². The quantitative estimate of drug-likeness (QED) is 0.0737. The van der Waals surface area contributed by atoms with E-state index < -0.39 is 5.97 Å². The van der Waals surface area contributed by atoms with Crippen molar-refractivity contribution in [2.45, 2.75) is 39.0 Å². The fraction of sp³-hybridized carbons (Fsp3) is 0.200. The van der Waals surface area contributed by atoms with Crippen LogP contribution in [0.15, 0.2) is 109 Å². The second kappa shape index (κ2) is 15.1. The highest BCUT2D eigenvalue weighted by molar-refractivity contribution is 6.19. The maximum Gasteiger partial charge on any atom is 0.305 e. The Morgan fingerprint density at radius 3 is 2.09 bits per heavy atom. The van der Waals surface area contributed by atoms with Gasteiger partial charge < -0.3 is 14.5 Å². The maximum atomic E-state index is 14.1. The van der Waals surface area contributed by atoms with Gasteiger partial charge in [-0.1, -0.05) is 55.8 Å². The van der Waals surface area contributed by atoms with Gasteiger partial charge in [0.2, 0.25) is 0 Å². The Labute approximate surface area is 275 Å². The van der Waals surface area contributed by atoms with E-state index in [-0.39, 0.29) is 24.5 Å². The van der Waals surface area contributed by atoms with Crippen LogP contribution in [0, 0.1) is 0 Å². The topological polar surface area (TPSA) is 84.0 Å². The number of fused-ring (bicyclic) bond motifs is 1. The van der Waals surface area contributed by atoms with Crippen LogP contribution < -0.4 is 9.80 Å². The number of hydrogen-bond acceptors (Lipinski definition) is 6. The summed E-state index contributed by atoms with van der Waals surface area (Å²) in [5.41, 5.74) is 5.71. The molecule has 0 aromatic heterocycles. The number of esters is 1. The monoisotopic (exact) mass is 626 g/mol. The summed E-state index contributed by atoms with van der Waals surface area (Å²) in [6.07, 6.45) is 4.08. The minimum atomic E-state index is -0.430. The smallest absolute Gasteiger partial charge is 0.305 e. The van der Waals surface area contributed by atoms with Gasteiger partial charge in [-0.15, -0.1) is 0 Å². The summed E-state index contributed by atoms with van der Waals surface area (Å²) in [7, 11) is 3.05. The van der Waals surface area contributed by atoms with E-state index in [0.29, 0.717) is 22.1 Å². The van der Waals surface area contributed by atoms with Crippen LogP contribution in [0.4, 0.5) is 22.7 Å². The van der Waals surface area contributed by atoms with Gasteiger partial charge in [0, 0.05) is 58.0 Å². The average molecular weight is 627 g/mol. The van der Waals surface area contributed by atoms with Crippen molar-refractivity contribution in [3.8, 4) is 0 Å². The number of Topliss-reactive ketones (excluding diaryl/α,β-unsaturated/α-hetero) is 1. The molecule has 238 valence electrons. The summed E-state index contributed by atoms with van der Waals surface area (Å²) in [5, 5.41) is 1.29. The van der Waals surface area contributed by atoms with Crippen LogP contribution in [0.25, 0.3) is 10.8 Å². The molecule has 0 spiro atoms. The lowest BCUT2D eigenvalue weighted by atomic mass is 9.96. The number of aryl methyl sites for hydroxylation is 1. The molecule has 0 heterocycles. The number of methoxy groups -OCH3 is 1. The molecule has 0 unspecified atom stereocenters. The molecule has 0 saturated carbocycles. The van der Waals surface area contributed by atoms with E-state index in [2.05, 4.69) is 23.8 Å². The van der Waals surface area contributed by atoms with Crippen LogP contribution in [0.3, 0.4) is 0 Å².